The van der Waals surface area contributed by atoms with Crippen molar-refractivity contribution in [3.05, 3.63) is 34.3 Å². The van der Waals surface area contributed by atoms with E-state index in [1.807, 2.05) is 6.92 Å². The lowest BCUT2D eigenvalue weighted by atomic mass is 10.1. The maximum atomic E-state index is 11.5. The molecule has 1 rings (SSSR count). The molecule has 5 heteroatoms. The summed E-state index contributed by atoms with van der Waals surface area (Å²) in [4.78, 5) is 22.0. The third-order valence-corrected chi connectivity index (χ3v) is 2.12. The van der Waals surface area contributed by atoms with Gasteiger partial charge in [0, 0.05) is 0 Å². The van der Waals surface area contributed by atoms with E-state index in [9.17, 15) is 9.59 Å². The Bertz CT molecular complexity index is 404. The number of carbonyl (C=O) groups is 2. The number of nitrogens with one attached hydrogen (secondary N) is 1. The minimum absolute atomic E-state index is 0.191. The van der Waals surface area contributed by atoms with Crippen molar-refractivity contribution in [1.29, 1.82) is 0 Å². The van der Waals surface area contributed by atoms with E-state index in [2.05, 4.69) is 5.32 Å². The number of primary amides is 1. The van der Waals surface area contributed by atoms with Crippen LogP contribution in [-0.4, -0.2) is 18.4 Å². The van der Waals surface area contributed by atoms with Gasteiger partial charge in [-0.25, -0.2) is 0 Å². The highest BCUT2D eigenvalue weighted by atomic mass is 35.5. The van der Waals surface area contributed by atoms with Crippen LogP contribution in [0.3, 0.4) is 0 Å². The number of halogens is 1. The number of aryl methyl sites for hydroxylation is 1. The number of hydrogen-bond acceptors (Lipinski definition) is 2. The molecular formula is C10H11ClN2O2. The van der Waals surface area contributed by atoms with Crippen LogP contribution in [-0.2, 0) is 4.79 Å². The van der Waals surface area contributed by atoms with Gasteiger partial charge in [-0.2, -0.15) is 0 Å². The molecule has 3 N–H and O–H groups in total. The largest absolute Gasteiger partial charge is 0.368 e. The Balaban J connectivity index is 2.81. The second-order valence-corrected chi connectivity index (χ2v) is 3.54. The van der Waals surface area contributed by atoms with Crippen molar-refractivity contribution in [2.45, 2.75) is 6.92 Å². The first-order valence-electron chi connectivity index (χ1n) is 4.33. The summed E-state index contributed by atoms with van der Waals surface area (Å²) in [5.41, 5.74) is 6.17. The molecule has 0 heterocycles. The smallest absolute Gasteiger partial charge is 0.253 e. The molecule has 0 saturated heterocycles. The SMILES string of the molecule is Cc1ccc(Cl)c(C(=O)NCC(N)=O)c1. The lowest BCUT2D eigenvalue weighted by Gasteiger charge is -2.05. The Labute approximate surface area is 92.4 Å². The van der Waals surface area contributed by atoms with Crippen LogP contribution in [0.1, 0.15) is 15.9 Å². The zero-order valence-electron chi connectivity index (χ0n) is 8.21. The lowest BCUT2D eigenvalue weighted by molar-refractivity contribution is -0.117. The number of amides is 2. The molecule has 0 aliphatic carbocycles. The molecule has 0 fully saturated rings. The van der Waals surface area contributed by atoms with Crippen molar-refractivity contribution in [3.8, 4) is 0 Å². The first-order valence-corrected chi connectivity index (χ1v) is 4.71. The van der Waals surface area contributed by atoms with E-state index in [0.29, 0.717) is 10.6 Å². The van der Waals surface area contributed by atoms with Crippen LogP contribution in [0.25, 0.3) is 0 Å². The van der Waals surface area contributed by atoms with E-state index in [0.717, 1.165) is 5.56 Å². The average Bonchev–Trinajstić information content (AvgIpc) is 2.18. The molecule has 2 amide bonds. The van der Waals surface area contributed by atoms with Crippen molar-refractivity contribution in [2.24, 2.45) is 5.73 Å². The number of rotatable bonds is 3. The predicted octanol–water partition coefficient (Wildman–Crippen LogP) is 0.864. The maximum Gasteiger partial charge on any atom is 0.253 e. The fraction of sp³-hybridized carbons (Fsp3) is 0.200. The third kappa shape index (κ3) is 3.25. The number of benzene rings is 1. The Morgan fingerprint density at radius 1 is 1.47 bits per heavy atom. The van der Waals surface area contributed by atoms with Gasteiger partial charge >= 0.3 is 0 Å². The van der Waals surface area contributed by atoms with Gasteiger partial charge in [-0.15, -0.1) is 0 Å². The molecule has 0 unspecified atom stereocenters. The van der Waals surface area contributed by atoms with Gasteiger partial charge in [0.05, 0.1) is 17.1 Å². The summed E-state index contributed by atoms with van der Waals surface area (Å²) in [6.07, 6.45) is 0. The highest BCUT2D eigenvalue weighted by Gasteiger charge is 2.10. The fourth-order valence-electron chi connectivity index (χ4n) is 1.08. The summed E-state index contributed by atoms with van der Waals surface area (Å²) in [5.74, 6) is -0.991. The fourth-order valence-corrected chi connectivity index (χ4v) is 1.28. The Kier molecular flexibility index (Phi) is 3.68. The van der Waals surface area contributed by atoms with Crippen molar-refractivity contribution in [1.82, 2.24) is 5.32 Å². The molecule has 80 valence electrons. The van der Waals surface area contributed by atoms with Crippen molar-refractivity contribution < 1.29 is 9.59 Å². The van der Waals surface area contributed by atoms with Gasteiger partial charge in [0.2, 0.25) is 5.91 Å². The highest BCUT2D eigenvalue weighted by molar-refractivity contribution is 6.33. The number of carbonyl (C=O) groups excluding carboxylic acids is 2. The minimum atomic E-state index is -0.591. The Morgan fingerprint density at radius 2 is 2.13 bits per heavy atom. The Hall–Kier alpha value is -1.55. The standard InChI is InChI=1S/C10H11ClN2O2/c1-6-2-3-8(11)7(4-6)10(15)13-5-9(12)14/h2-4H,5H2,1H3,(H2,12,14)(H,13,15). The predicted molar refractivity (Wildman–Crippen MR) is 57.7 cm³/mol. The molecule has 15 heavy (non-hydrogen) atoms. The second kappa shape index (κ2) is 4.79. The zero-order valence-corrected chi connectivity index (χ0v) is 8.97. The summed E-state index contributed by atoms with van der Waals surface area (Å²) in [5, 5.41) is 2.72. The topological polar surface area (TPSA) is 72.2 Å². The molecule has 0 aromatic heterocycles. The minimum Gasteiger partial charge on any atom is -0.368 e. The van der Waals surface area contributed by atoms with Crippen LogP contribution in [0.4, 0.5) is 0 Å². The summed E-state index contributed by atoms with van der Waals surface area (Å²) < 4.78 is 0. The van der Waals surface area contributed by atoms with E-state index in [4.69, 9.17) is 17.3 Å². The second-order valence-electron chi connectivity index (χ2n) is 3.13. The molecule has 0 saturated carbocycles. The molecular weight excluding hydrogens is 216 g/mol. The molecule has 0 radical (unpaired) electrons. The van der Waals surface area contributed by atoms with Gasteiger partial charge in [0.1, 0.15) is 0 Å². The average molecular weight is 227 g/mol. The van der Waals surface area contributed by atoms with E-state index in [-0.39, 0.29) is 6.54 Å². The molecule has 1 aromatic rings. The summed E-state index contributed by atoms with van der Waals surface area (Å²) in [7, 11) is 0. The quantitative estimate of drug-likeness (QED) is 0.803. The lowest BCUT2D eigenvalue weighted by Crippen LogP contribution is -2.33. The highest BCUT2D eigenvalue weighted by Crippen LogP contribution is 2.16. The Morgan fingerprint density at radius 3 is 2.73 bits per heavy atom. The van der Waals surface area contributed by atoms with Crippen LogP contribution < -0.4 is 11.1 Å². The summed E-state index contributed by atoms with van der Waals surface area (Å²) >= 11 is 5.83. The van der Waals surface area contributed by atoms with Gasteiger partial charge in [0.15, 0.2) is 0 Å². The first kappa shape index (κ1) is 11.5. The number of hydrogen-bond donors (Lipinski definition) is 2. The van der Waals surface area contributed by atoms with Gasteiger partial charge in [-0.1, -0.05) is 23.2 Å². The number of nitrogens with two attached hydrogens (primary N) is 1. The van der Waals surface area contributed by atoms with Crippen molar-refractivity contribution in [2.75, 3.05) is 6.54 Å². The van der Waals surface area contributed by atoms with Crippen LogP contribution in [0, 0.1) is 6.92 Å². The van der Waals surface area contributed by atoms with E-state index < -0.39 is 11.8 Å². The molecule has 0 atom stereocenters. The molecule has 0 aliphatic heterocycles. The van der Waals surface area contributed by atoms with Crippen molar-refractivity contribution in [3.63, 3.8) is 0 Å². The molecule has 0 aliphatic rings. The van der Waals surface area contributed by atoms with Gasteiger partial charge in [-0.05, 0) is 19.1 Å². The normalized spacial score (nSPS) is 9.73. The van der Waals surface area contributed by atoms with E-state index in [1.54, 1.807) is 18.2 Å². The monoisotopic (exact) mass is 226 g/mol. The van der Waals surface area contributed by atoms with Crippen LogP contribution >= 0.6 is 11.6 Å². The van der Waals surface area contributed by atoms with Crippen LogP contribution in [0.15, 0.2) is 18.2 Å². The summed E-state index contributed by atoms with van der Waals surface area (Å²) in [6, 6.07) is 5.09. The van der Waals surface area contributed by atoms with Crippen LogP contribution in [0.2, 0.25) is 5.02 Å². The van der Waals surface area contributed by atoms with Crippen molar-refractivity contribution >= 4 is 23.4 Å². The van der Waals surface area contributed by atoms with Gasteiger partial charge < -0.3 is 11.1 Å². The van der Waals surface area contributed by atoms with Crippen LogP contribution in [0.5, 0.6) is 0 Å². The molecule has 4 nitrogen and oxygen atoms in total. The van der Waals surface area contributed by atoms with Gasteiger partial charge in [-0.3, -0.25) is 9.59 Å². The van der Waals surface area contributed by atoms with Gasteiger partial charge in [0.25, 0.3) is 5.91 Å². The molecule has 0 spiro atoms. The maximum absolute atomic E-state index is 11.5. The van der Waals surface area contributed by atoms with E-state index in [1.165, 1.54) is 0 Å². The first-order chi connectivity index (χ1) is 7.00. The zero-order chi connectivity index (χ0) is 11.4. The molecule has 1 aromatic carbocycles. The third-order valence-electron chi connectivity index (χ3n) is 1.79. The van der Waals surface area contributed by atoms with E-state index >= 15 is 0 Å². The summed E-state index contributed by atoms with van der Waals surface area (Å²) in [6.45, 7) is 1.66. The molecule has 0 bridgehead atoms.